The lowest BCUT2D eigenvalue weighted by atomic mass is 9.89. The molecule has 0 fully saturated rings. The Bertz CT molecular complexity index is 1280. The molecule has 0 aliphatic carbocycles. The number of rotatable bonds is 18. The number of nitrogens with zero attached hydrogens (tertiary/aromatic N) is 1. The van der Waals surface area contributed by atoms with Crippen molar-refractivity contribution in [2.24, 2.45) is 23.0 Å². The van der Waals surface area contributed by atoms with Gasteiger partial charge in [-0.15, -0.1) is 0 Å². The average molecular weight is 642 g/mol. The van der Waals surface area contributed by atoms with Crippen LogP contribution < -0.4 is 21.7 Å². The van der Waals surface area contributed by atoms with Gasteiger partial charge in [0, 0.05) is 49.7 Å². The Hall–Kier alpha value is -4.55. The first-order valence-corrected chi connectivity index (χ1v) is 15.5. The Kier molecular flexibility index (Phi) is 14.6. The van der Waals surface area contributed by atoms with E-state index in [1.807, 2.05) is 0 Å². The van der Waals surface area contributed by atoms with Crippen molar-refractivity contribution in [3.63, 3.8) is 0 Å². The van der Waals surface area contributed by atoms with Gasteiger partial charge < -0.3 is 26.4 Å². The van der Waals surface area contributed by atoms with Crippen molar-refractivity contribution in [3.05, 3.63) is 42.0 Å². The second-order valence-electron chi connectivity index (χ2n) is 12.7. The van der Waals surface area contributed by atoms with Gasteiger partial charge in [-0.25, -0.2) is 4.79 Å². The molecule has 1 heterocycles. The SMILES string of the molecule is CC(C)[C@@H](NC(=O)CCCCN1C(=O)C=CC1=O)C(=O)C[C@H](CCCNC(N)=O)C(=O)Nc1ccc(COC(=O)C(C)(C)C)cc1. The molecule has 2 atom stereocenters. The summed E-state index contributed by atoms with van der Waals surface area (Å²) in [6.07, 6.45) is 3.91. The van der Waals surface area contributed by atoms with Gasteiger partial charge in [0.05, 0.1) is 11.5 Å². The van der Waals surface area contributed by atoms with Crippen molar-refractivity contribution >= 4 is 47.1 Å². The molecule has 0 unspecified atom stereocenters. The summed E-state index contributed by atoms with van der Waals surface area (Å²) in [7, 11) is 0. The van der Waals surface area contributed by atoms with Crippen LogP contribution in [0.15, 0.2) is 36.4 Å². The molecule has 1 aromatic rings. The summed E-state index contributed by atoms with van der Waals surface area (Å²) < 4.78 is 5.33. The number of anilines is 1. The maximum absolute atomic E-state index is 13.4. The Morgan fingerprint density at radius 1 is 0.935 bits per heavy atom. The molecule has 252 valence electrons. The van der Waals surface area contributed by atoms with E-state index in [0.29, 0.717) is 24.9 Å². The number of imide groups is 1. The van der Waals surface area contributed by atoms with Gasteiger partial charge in [-0.2, -0.15) is 0 Å². The quantitative estimate of drug-likeness (QED) is 0.107. The Morgan fingerprint density at radius 3 is 2.13 bits per heavy atom. The van der Waals surface area contributed by atoms with E-state index in [0.717, 1.165) is 10.5 Å². The fraction of sp³-hybridized carbons (Fsp3) is 0.545. The minimum atomic E-state index is -0.826. The summed E-state index contributed by atoms with van der Waals surface area (Å²) in [4.78, 5) is 87.1. The third-order valence-corrected chi connectivity index (χ3v) is 7.32. The van der Waals surface area contributed by atoms with Crippen LogP contribution in [-0.2, 0) is 40.1 Å². The summed E-state index contributed by atoms with van der Waals surface area (Å²) >= 11 is 0. The lowest BCUT2D eigenvalue weighted by Gasteiger charge is -2.24. The zero-order valence-electron chi connectivity index (χ0n) is 27.4. The molecule has 0 saturated heterocycles. The van der Waals surface area contributed by atoms with Gasteiger partial charge >= 0.3 is 12.0 Å². The number of Topliss-reactive ketones (excluding diaryl/α,β-unsaturated/α-hetero) is 1. The van der Waals surface area contributed by atoms with Crippen LogP contribution in [0.1, 0.15) is 78.7 Å². The number of nitrogens with one attached hydrogen (secondary N) is 3. The molecular formula is C33H47N5O8. The number of hydrogen-bond acceptors (Lipinski definition) is 8. The van der Waals surface area contributed by atoms with Crippen LogP contribution in [-0.4, -0.2) is 65.4 Å². The van der Waals surface area contributed by atoms with Gasteiger partial charge in [0.25, 0.3) is 11.8 Å². The van der Waals surface area contributed by atoms with Crippen LogP contribution in [0.25, 0.3) is 0 Å². The Labute approximate surface area is 270 Å². The van der Waals surface area contributed by atoms with E-state index >= 15 is 0 Å². The maximum atomic E-state index is 13.4. The Balaban J connectivity index is 1.98. The summed E-state index contributed by atoms with van der Waals surface area (Å²) in [6, 6.07) is 5.29. The normalized spacial score (nSPS) is 14.2. The number of carbonyl (C=O) groups is 7. The van der Waals surface area contributed by atoms with E-state index in [2.05, 4.69) is 16.0 Å². The van der Waals surface area contributed by atoms with Crippen LogP contribution >= 0.6 is 0 Å². The topological polar surface area (TPSA) is 194 Å². The number of unbranched alkanes of at least 4 members (excludes halogenated alkanes) is 1. The van der Waals surface area contributed by atoms with E-state index in [1.165, 1.54) is 12.2 Å². The highest BCUT2D eigenvalue weighted by atomic mass is 16.5. The van der Waals surface area contributed by atoms with Crippen molar-refractivity contribution in [2.45, 2.75) is 85.8 Å². The molecule has 0 bridgehead atoms. The summed E-state index contributed by atoms with van der Waals surface area (Å²) in [5, 5.41) is 8.09. The molecule has 46 heavy (non-hydrogen) atoms. The predicted molar refractivity (Wildman–Crippen MR) is 171 cm³/mol. The first-order valence-electron chi connectivity index (χ1n) is 15.5. The third kappa shape index (κ3) is 12.8. The molecule has 0 spiro atoms. The average Bonchev–Trinajstić information content (AvgIpc) is 3.30. The van der Waals surface area contributed by atoms with Gasteiger partial charge in [0.15, 0.2) is 5.78 Å². The lowest BCUT2D eigenvalue weighted by molar-refractivity contribution is -0.154. The molecule has 0 saturated carbocycles. The summed E-state index contributed by atoms with van der Waals surface area (Å²) in [6.45, 7) is 9.42. The highest BCUT2D eigenvalue weighted by Gasteiger charge is 2.30. The number of benzene rings is 1. The van der Waals surface area contributed by atoms with Crippen molar-refractivity contribution in [3.8, 4) is 0 Å². The molecule has 2 rings (SSSR count). The molecule has 13 heteroatoms. The standard InChI is InChI=1S/C33H47N5O8/c1-21(2)29(37-26(40)10-6-7-18-38-27(41)15-16-28(38)42)25(39)19-23(9-8-17-35-32(34)45)30(43)36-24-13-11-22(12-14-24)20-46-31(44)33(3,4)5/h11-16,21,23,29H,6-10,17-20H2,1-5H3,(H,36,43)(H,37,40)(H3,34,35,45)/t23-,29+/m0/s1. The van der Waals surface area contributed by atoms with Crippen LogP contribution in [0, 0.1) is 17.3 Å². The van der Waals surface area contributed by atoms with Gasteiger partial charge in [0.2, 0.25) is 11.8 Å². The highest BCUT2D eigenvalue weighted by molar-refractivity contribution is 6.12. The second kappa shape index (κ2) is 17.8. The summed E-state index contributed by atoms with van der Waals surface area (Å²) in [5.41, 5.74) is 5.75. The number of ether oxygens (including phenoxy) is 1. The second-order valence-corrected chi connectivity index (χ2v) is 12.7. The summed E-state index contributed by atoms with van der Waals surface area (Å²) in [5.74, 6) is -3.12. The van der Waals surface area contributed by atoms with Crippen LogP contribution in [0.4, 0.5) is 10.5 Å². The monoisotopic (exact) mass is 641 g/mol. The molecule has 0 radical (unpaired) electrons. The molecule has 6 amide bonds. The first kappa shape index (κ1) is 37.6. The molecule has 5 N–H and O–H groups in total. The number of ketones is 1. The van der Waals surface area contributed by atoms with E-state index < -0.39 is 29.3 Å². The van der Waals surface area contributed by atoms with E-state index in [9.17, 15) is 33.6 Å². The zero-order valence-corrected chi connectivity index (χ0v) is 27.4. The van der Waals surface area contributed by atoms with E-state index in [1.54, 1.807) is 58.9 Å². The molecule has 1 aromatic carbocycles. The highest BCUT2D eigenvalue weighted by Crippen LogP contribution is 2.21. The number of nitrogens with two attached hydrogens (primary N) is 1. The number of primary amides is 1. The van der Waals surface area contributed by atoms with Gasteiger partial charge in [-0.1, -0.05) is 26.0 Å². The molecule has 1 aliphatic heterocycles. The number of carbonyl (C=O) groups excluding carboxylic acids is 7. The van der Waals surface area contributed by atoms with Crippen molar-refractivity contribution in [2.75, 3.05) is 18.4 Å². The van der Waals surface area contributed by atoms with Crippen molar-refractivity contribution in [1.29, 1.82) is 0 Å². The zero-order chi connectivity index (χ0) is 34.4. The fourth-order valence-electron chi connectivity index (χ4n) is 4.62. The van der Waals surface area contributed by atoms with Crippen LogP contribution in [0.2, 0.25) is 0 Å². The molecular weight excluding hydrogens is 594 g/mol. The van der Waals surface area contributed by atoms with Crippen LogP contribution in [0.3, 0.4) is 0 Å². The molecule has 1 aliphatic rings. The predicted octanol–water partition coefficient (Wildman–Crippen LogP) is 2.97. The minimum Gasteiger partial charge on any atom is -0.460 e. The smallest absolute Gasteiger partial charge is 0.312 e. The first-order chi connectivity index (χ1) is 21.6. The van der Waals surface area contributed by atoms with Crippen molar-refractivity contribution < 1.29 is 38.3 Å². The number of urea groups is 1. The lowest BCUT2D eigenvalue weighted by Crippen LogP contribution is -2.45. The van der Waals surface area contributed by atoms with E-state index in [-0.39, 0.29) is 74.4 Å². The number of esters is 1. The van der Waals surface area contributed by atoms with Gasteiger partial charge in [0.1, 0.15) is 6.61 Å². The van der Waals surface area contributed by atoms with E-state index in [4.69, 9.17) is 10.5 Å². The molecule has 0 aromatic heterocycles. The van der Waals surface area contributed by atoms with Gasteiger partial charge in [-0.3, -0.25) is 33.7 Å². The minimum absolute atomic E-state index is 0.0892. The largest absolute Gasteiger partial charge is 0.460 e. The van der Waals surface area contributed by atoms with Crippen LogP contribution in [0.5, 0.6) is 0 Å². The van der Waals surface area contributed by atoms with Gasteiger partial charge in [-0.05, 0) is 70.1 Å². The Morgan fingerprint density at radius 2 is 1.57 bits per heavy atom. The third-order valence-electron chi connectivity index (χ3n) is 7.32. The number of hydrogen-bond donors (Lipinski definition) is 4. The fourth-order valence-corrected chi connectivity index (χ4v) is 4.62. The maximum Gasteiger partial charge on any atom is 0.312 e. The van der Waals surface area contributed by atoms with Crippen molar-refractivity contribution in [1.82, 2.24) is 15.5 Å². The number of amides is 6. The molecule has 13 nitrogen and oxygen atoms in total.